The van der Waals surface area contributed by atoms with Crippen LogP contribution in [0.4, 0.5) is 4.79 Å². The van der Waals surface area contributed by atoms with Crippen molar-refractivity contribution in [3.63, 3.8) is 0 Å². The van der Waals surface area contributed by atoms with Gasteiger partial charge in [0.2, 0.25) is 0 Å². The maximum atomic E-state index is 11.9. The first-order chi connectivity index (χ1) is 10.7. The number of aromatic nitrogens is 3. The van der Waals surface area contributed by atoms with Crippen LogP contribution in [0.25, 0.3) is 11.4 Å². The van der Waals surface area contributed by atoms with E-state index in [0.29, 0.717) is 12.3 Å². The molecule has 2 N–H and O–H groups in total. The lowest BCUT2D eigenvalue weighted by Gasteiger charge is -2.08. The number of rotatable bonds is 6. The Morgan fingerprint density at radius 2 is 2.27 bits per heavy atom. The minimum atomic E-state index is -0.566. The van der Waals surface area contributed by atoms with Crippen molar-refractivity contribution in [3.05, 3.63) is 30.1 Å². The molecule has 1 amide bonds. The first-order valence-electron chi connectivity index (χ1n) is 7.66. The summed E-state index contributed by atoms with van der Waals surface area (Å²) >= 11 is 0. The zero-order valence-electron chi connectivity index (χ0n) is 12.7. The van der Waals surface area contributed by atoms with Gasteiger partial charge in [-0.1, -0.05) is 18.9 Å². The molecule has 0 aliphatic heterocycles. The van der Waals surface area contributed by atoms with Crippen molar-refractivity contribution in [1.29, 1.82) is 0 Å². The van der Waals surface area contributed by atoms with Crippen LogP contribution < -0.4 is 10.5 Å². The third kappa shape index (κ3) is 2.95. The van der Waals surface area contributed by atoms with Gasteiger partial charge in [-0.25, -0.2) is 9.36 Å². The molecule has 0 radical (unpaired) electrons. The molecule has 0 saturated heterocycles. The lowest BCUT2D eigenvalue weighted by Crippen LogP contribution is -2.23. The summed E-state index contributed by atoms with van der Waals surface area (Å²) in [5.41, 5.74) is 7.75. The highest BCUT2D eigenvalue weighted by atomic mass is 16.5. The summed E-state index contributed by atoms with van der Waals surface area (Å²) in [5.74, 6) is 0.753. The summed E-state index contributed by atoms with van der Waals surface area (Å²) in [6.07, 6.45) is 6.03. The molecule has 1 aliphatic carbocycles. The predicted octanol–water partition coefficient (Wildman–Crippen LogP) is 2.61. The van der Waals surface area contributed by atoms with Crippen LogP contribution >= 0.6 is 0 Å². The van der Waals surface area contributed by atoms with Crippen LogP contribution in [0.3, 0.4) is 0 Å². The van der Waals surface area contributed by atoms with Crippen molar-refractivity contribution in [2.24, 2.45) is 11.7 Å². The first kappa shape index (κ1) is 14.6. The molecule has 2 aromatic heterocycles. The Bertz CT molecular complexity index is 662. The lowest BCUT2D eigenvalue weighted by atomic mass is 10.1. The van der Waals surface area contributed by atoms with Gasteiger partial charge >= 0.3 is 12.0 Å². The van der Waals surface area contributed by atoms with E-state index in [-0.39, 0.29) is 6.01 Å². The second kappa shape index (κ2) is 6.17. The van der Waals surface area contributed by atoms with Gasteiger partial charge in [-0.2, -0.15) is 4.98 Å². The monoisotopic (exact) mass is 300 g/mol. The fourth-order valence-electron chi connectivity index (χ4n) is 2.57. The van der Waals surface area contributed by atoms with Gasteiger partial charge in [-0.05, 0) is 37.8 Å². The average Bonchev–Trinajstić information content (AvgIpc) is 3.27. The molecule has 1 fully saturated rings. The molecule has 22 heavy (non-hydrogen) atoms. The Morgan fingerprint density at radius 1 is 1.45 bits per heavy atom. The Balaban J connectivity index is 2.05. The molecular weight excluding hydrogens is 280 g/mol. The maximum absolute atomic E-state index is 11.9. The first-order valence-corrected chi connectivity index (χ1v) is 7.66. The van der Waals surface area contributed by atoms with Crippen LogP contribution in [-0.4, -0.2) is 27.2 Å². The molecule has 1 saturated carbocycles. The quantitative estimate of drug-likeness (QED) is 0.889. The Kier molecular flexibility index (Phi) is 4.09. The molecule has 6 nitrogen and oxygen atoms in total. The largest absolute Gasteiger partial charge is 0.465 e. The molecule has 0 bridgehead atoms. The van der Waals surface area contributed by atoms with Crippen molar-refractivity contribution < 1.29 is 9.53 Å². The number of hydrogen-bond donors (Lipinski definition) is 1. The van der Waals surface area contributed by atoms with Crippen molar-refractivity contribution >= 4 is 6.03 Å². The average molecular weight is 300 g/mol. The van der Waals surface area contributed by atoms with E-state index in [0.717, 1.165) is 30.1 Å². The van der Waals surface area contributed by atoms with Gasteiger partial charge in [0.05, 0.1) is 18.0 Å². The molecule has 2 heterocycles. The zero-order chi connectivity index (χ0) is 15.5. The predicted molar refractivity (Wildman–Crippen MR) is 82.7 cm³/mol. The second-order valence-corrected chi connectivity index (χ2v) is 5.49. The number of primary amides is 1. The van der Waals surface area contributed by atoms with Gasteiger partial charge in [0.15, 0.2) is 0 Å². The highest BCUT2D eigenvalue weighted by Crippen LogP contribution is 2.35. The molecule has 2 aromatic rings. The zero-order valence-corrected chi connectivity index (χ0v) is 12.7. The lowest BCUT2D eigenvalue weighted by molar-refractivity contribution is 0.241. The number of carbonyl (C=O) groups is 1. The fraction of sp³-hybridized carbons (Fsp3) is 0.438. The molecule has 1 aliphatic rings. The Morgan fingerprint density at radius 3 is 2.86 bits per heavy atom. The van der Waals surface area contributed by atoms with Gasteiger partial charge in [0.25, 0.3) is 0 Å². The van der Waals surface area contributed by atoms with Crippen LogP contribution in [0.5, 0.6) is 6.01 Å². The Labute approximate surface area is 129 Å². The van der Waals surface area contributed by atoms with Gasteiger partial charge in [0.1, 0.15) is 5.69 Å². The number of nitrogens with zero attached hydrogens (tertiary/aromatic N) is 3. The minimum Gasteiger partial charge on any atom is -0.465 e. The molecule has 0 aromatic carbocycles. The van der Waals surface area contributed by atoms with E-state index in [1.54, 1.807) is 6.20 Å². The molecule has 0 spiro atoms. The van der Waals surface area contributed by atoms with Crippen molar-refractivity contribution in [2.45, 2.75) is 32.6 Å². The highest BCUT2D eigenvalue weighted by molar-refractivity contribution is 5.79. The van der Waals surface area contributed by atoms with E-state index < -0.39 is 6.03 Å². The number of amides is 1. The summed E-state index contributed by atoms with van der Waals surface area (Å²) in [7, 11) is 0. The summed E-state index contributed by atoms with van der Waals surface area (Å²) < 4.78 is 6.87. The summed E-state index contributed by atoms with van der Waals surface area (Å²) in [6.45, 7) is 2.28. The van der Waals surface area contributed by atoms with Crippen LogP contribution in [0, 0.1) is 5.92 Å². The number of pyridine rings is 1. The normalized spacial score (nSPS) is 14.0. The van der Waals surface area contributed by atoms with Crippen LogP contribution in [0.15, 0.2) is 24.4 Å². The summed E-state index contributed by atoms with van der Waals surface area (Å²) in [4.78, 5) is 20.7. The van der Waals surface area contributed by atoms with Crippen LogP contribution in [0.1, 0.15) is 31.9 Å². The van der Waals surface area contributed by atoms with Crippen LogP contribution in [-0.2, 0) is 6.42 Å². The molecular formula is C16H20N4O2. The summed E-state index contributed by atoms with van der Waals surface area (Å²) in [6, 6.07) is 5.31. The van der Waals surface area contributed by atoms with E-state index >= 15 is 0 Å². The third-order valence-electron chi connectivity index (χ3n) is 3.83. The minimum absolute atomic E-state index is 0.251. The van der Waals surface area contributed by atoms with E-state index in [2.05, 4.69) is 9.97 Å². The maximum Gasteiger partial charge on any atom is 0.327 e. The number of ether oxygens (including phenoxy) is 1. The van der Waals surface area contributed by atoms with Crippen molar-refractivity contribution in [1.82, 2.24) is 14.5 Å². The standard InChI is InChI=1S/C16H20N4O2/c1-2-22-16-19-14(12-5-3-4-10-18-12)13(20(16)15(17)21)9-8-11-6-7-11/h3-5,10-11H,2,6-9H2,1H3,(H2,17,21). The highest BCUT2D eigenvalue weighted by Gasteiger charge is 2.26. The smallest absolute Gasteiger partial charge is 0.327 e. The SMILES string of the molecule is CCOc1nc(-c2ccccn2)c(CCC2CC2)n1C(N)=O. The molecule has 3 rings (SSSR count). The van der Waals surface area contributed by atoms with E-state index in [1.807, 2.05) is 25.1 Å². The fourth-order valence-corrected chi connectivity index (χ4v) is 2.57. The number of hydrogen-bond acceptors (Lipinski definition) is 4. The van der Waals surface area contributed by atoms with Gasteiger partial charge in [-0.15, -0.1) is 0 Å². The summed E-state index contributed by atoms with van der Waals surface area (Å²) in [5, 5.41) is 0. The van der Waals surface area contributed by atoms with Crippen molar-refractivity contribution in [3.8, 4) is 17.4 Å². The van der Waals surface area contributed by atoms with Crippen LogP contribution in [0.2, 0.25) is 0 Å². The van der Waals surface area contributed by atoms with E-state index in [4.69, 9.17) is 10.5 Å². The van der Waals surface area contributed by atoms with E-state index in [9.17, 15) is 4.79 Å². The molecule has 0 atom stereocenters. The molecule has 6 heteroatoms. The van der Waals surface area contributed by atoms with Gasteiger partial charge in [-0.3, -0.25) is 4.98 Å². The van der Waals surface area contributed by atoms with Gasteiger partial charge in [0, 0.05) is 6.20 Å². The number of nitrogens with two attached hydrogens (primary N) is 1. The molecule has 116 valence electrons. The van der Waals surface area contributed by atoms with Gasteiger partial charge < -0.3 is 10.5 Å². The van der Waals surface area contributed by atoms with E-state index in [1.165, 1.54) is 17.4 Å². The third-order valence-corrected chi connectivity index (χ3v) is 3.83. The van der Waals surface area contributed by atoms with Crippen molar-refractivity contribution in [2.75, 3.05) is 6.61 Å². The topological polar surface area (TPSA) is 83.0 Å². The number of carbonyl (C=O) groups excluding carboxylic acids is 1. The Hall–Kier alpha value is -2.37. The second-order valence-electron chi connectivity index (χ2n) is 5.49. The number of imidazole rings is 1. The molecule has 0 unspecified atom stereocenters.